The first-order chi connectivity index (χ1) is 18.6. The van der Waals surface area contributed by atoms with Crippen molar-refractivity contribution in [2.24, 2.45) is 0 Å². The van der Waals surface area contributed by atoms with Crippen LogP contribution in [0.1, 0.15) is 54.0 Å². The first kappa shape index (κ1) is 26.7. The number of hydrogen-bond donors (Lipinski definition) is 0. The van der Waals surface area contributed by atoms with Crippen molar-refractivity contribution < 1.29 is 18.7 Å². The number of nitrogens with zero attached hydrogens (tertiary/aromatic N) is 5. The van der Waals surface area contributed by atoms with Crippen LogP contribution in [0.4, 0.5) is 14.9 Å². The lowest BCUT2D eigenvalue weighted by molar-refractivity contribution is 0.0781. The van der Waals surface area contributed by atoms with Gasteiger partial charge in [0.05, 0.1) is 23.9 Å². The summed E-state index contributed by atoms with van der Waals surface area (Å²) in [5, 5.41) is 4.57. The second kappa shape index (κ2) is 10.0. The van der Waals surface area contributed by atoms with Crippen LogP contribution in [0.25, 0.3) is 0 Å². The highest BCUT2D eigenvalue weighted by Crippen LogP contribution is 2.49. The summed E-state index contributed by atoms with van der Waals surface area (Å²) in [7, 11) is 1.62. The summed E-state index contributed by atoms with van der Waals surface area (Å²) in [5.74, 6) is -0.125. The number of benzene rings is 2. The zero-order valence-electron chi connectivity index (χ0n) is 23.4. The number of aryl methyl sites for hydroxylation is 2. The second-order valence-electron chi connectivity index (χ2n) is 10.8. The molecule has 0 radical (unpaired) electrons. The molecule has 206 valence electrons. The molecule has 2 aliphatic rings. The molecule has 0 bridgehead atoms. The van der Waals surface area contributed by atoms with Gasteiger partial charge in [-0.25, -0.2) is 9.18 Å². The average Bonchev–Trinajstić information content (AvgIpc) is 3.54. The Morgan fingerprint density at radius 3 is 2.54 bits per heavy atom. The molecule has 3 amide bonds. The second-order valence-corrected chi connectivity index (χ2v) is 10.8. The Labute approximate surface area is 228 Å². The van der Waals surface area contributed by atoms with Gasteiger partial charge in [0.15, 0.2) is 0 Å². The summed E-state index contributed by atoms with van der Waals surface area (Å²) in [4.78, 5) is 33.5. The Balaban J connectivity index is 1.69. The monoisotopic (exact) mass is 533 g/mol. The van der Waals surface area contributed by atoms with Gasteiger partial charge in [0.2, 0.25) is 0 Å². The van der Waals surface area contributed by atoms with Crippen LogP contribution in [-0.2, 0) is 6.54 Å². The lowest BCUT2D eigenvalue weighted by Gasteiger charge is -2.38. The molecule has 2 aliphatic heterocycles. The summed E-state index contributed by atoms with van der Waals surface area (Å²) >= 11 is 0. The number of carbonyl (C=O) groups is 2. The summed E-state index contributed by atoms with van der Waals surface area (Å²) < 4.78 is 22.1. The van der Waals surface area contributed by atoms with E-state index in [0.29, 0.717) is 42.3 Å². The number of hydrogen-bond acceptors (Lipinski definition) is 4. The van der Waals surface area contributed by atoms with Gasteiger partial charge in [0.1, 0.15) is 11.6 Å². The summed E-state index contributed by atoms with van der Waals surface area (Å²) in [6.45, 7) is 11.4. The number of amides is 3. The number of carbonyl (C=O) groups excluding carboxylic acids is 2. The van der Waals surface area contributed by atoms with Gasteiger partial charge in [-0.3, -0.25) is 14.4 Å². The predicted octanol–water partition coefficient (Wildman–Crippen LogP) is 5.00. The van der Waals surface area contributed by atoms with Crippen LogP contribution in [0, 0.1) is 19.7 Å². The van der Waals surface area contributed by atoms with Crippen LogP contribution >= 0.6 is 0 Å². The van der Waals surface area contributed by atoms with Crippen molar-refractivity contribution in [3.05, 3.63) is 76.9 Å². The molecule has 2 atom stereocenters. The number of anilines is 1. The number of rotatable bonds is 6. The van der Waals surface area contributed by atoms with Crippen LogP contribution in [0.15, 0.2) is 48.5 Å². The van der Waals surface area contributed by atoms with E-state index in [2.05, 4.69) is 5.10 Å². The molecule has 9 heteroatoms. The normalized spacial score (nSPS) is 21.1. The zero-order chi connectivity index (χ0) is 28.1. The van der Waals surface area contributed by atoms with Crippen LogP contribution in [0.5, 0.6) is 5.75 Å². The van der Waals surface area contributed by atoms with E-state index < -0.39 is 11.4 Å². The van der Waals surface area contributed by atoms with Gasteiger partial charge in [0, 0.05) is 55.1 Å². The number of methoxy groups -OCH3 is 1. The van der Waals surface area contributed by atoms with E-state index in [-0.39, 0.29) is 30.4 Å². The van der Waals surface area contributed by atoms with Crippen LogP contribution in [-0.4, -0.2) is 69.8 Å². The quantitative estimate of drug-likeness (QED) is 0.447. The van der Waals surface area contributed by atoms with Crippen molar-refractivity contribution in [2.75, 3.05) is 31.6 Å². The number of para-hydroxylation sites is 1. The Morgan fingerprint density at radius 1 is 1.15 bits per heavy atom. The highest BCUT2D eigenvalue weighted by atomic mass is 19.1. The van der Waals surface area contributed by atoms with Crippen molar-refractivity contribution in [2.45, 2.75) is 58.7 Å². The minimum atomic E-state index is -0.845. The van der Waals surface area contributed by atoms with Gasteiger partial charge in [-0.15, -0.1) is 0 Å². The number of urea groups is 1. The molecular formula is C30H36FN5O3. The van der Waals surface area contributed by atoms with Crippen LogP contribution < -0.4 is 9.64 Å². The molecule has 0 saturated carbocycles. The minimum Gasteiger partial charge on any atom is -0.496 e. The fourth-order valence-corrected chi connectivity index (χ4v) is 6.39. The van der Waals surface area contributed by atoms with E-state index in [1.54, 1.807) is 24.1 Å². The Hall–Kier alpha value is -3.88. The number of aromatic nitrogens is 2. The van der Waals surface area contributed by atoms with Crippen molar-refractivity contribution in [3.63, 3.8) is 0 Å². The largest absolute Gasteiger partial charge is 0.496 e. The fraction of sp³-hybridized carbons (Fsp3) is 0.433. The SMILES string of the molecule is CCn1nc(C)c(C(=O)N2CC(c3ccccc3OC)[C@@]3(C2)CN(C(C)C)C(=O)N3c2cccc(F)c2)c1C. The van der Waals surface area contributed by atoms with Gasteiger partial charge < -0.3 is 14.5 Å². The highest BCUT2D eigenvalue weighted by molar-refractivity contribution is 5.99. The van der Waals surface area contributed by atoms with Crippen molar-refractivity contribution in [3.8, 4) is 5.75 Å². The summed E-state index contributed by atoms with van der Waals surface area (Å²) in [6.07, 6.45) is 0. The lowest BCUT2D eigenvalue weighted by atomic mass is 9.80. The molecule has 1 spiro atoms. The zero-order valence-corrected chi connectivity index (χ0v) is 23.4. The molecule has 2 aromatic carbocycles. The Bertz CT molecular complexity index is 1420. The van der Waals surface area contributed by atoms with Gasteiger partial charge in [-0.05, 0) is 58.9 Å². The predicted molar refractivity (Wildman–Crippen MR) is 148 cm³/mol. The third-order valence-corrected chi connectivity index (χ3v) is 8.23. The van der Waals surface area contributed by atoms with E-state index in [0.717, 1.165) is 11.3 Å². The van der Waals surface area contributed by atoms with Crippen molar-refractivity contribution in [1.82, 2.24) is 19.6 Å². The number of halogens is 1. The maximum absolute atomic E-state index is 14.5. The van der Waals surface area contributed by atoms with Gasteiger partial charge >= 0.3 is 6.03 Å². The number of ether oxygens (including phenoxy) is 1. The van der Waals surface area contributed by atoms with E-state index in [4.69, 9.17) is 4.74 Å². The fourth-order valence-electron chi connectivity index (χ4n) is 6.39. The Morgan fingerprint density at radius 2 is 1.90 bits per heavy atom. The molecule has 0 aliphatic carbocycles. The average molecular weight is 534 g/mol. The molecule has 2 fully saturated rings. The highest BCUT2D eigenvalue weighted by Gasteiger charge is 2.61. The molecule has 39 heavy (non-hydrogen) atoms. The molecule has 3 aromatic rings. The summed E-state index contributed by atoms with van der Waals surface area (Å²) in [6, 6.07) is 13.6. The maximum Gasteiger partial charge on any atom is 0.325 e. The third-order valence-electron chi connectivity index (χ3n) is 8.23. The molecule has 1 aromatic heterocycles. The molecule has 3 heterocycles. The number of likely N-dealkylation sites (tertiary alicyclic amines) is 1. The Kier molecular flexibility index (Phi) is 6.86. The molecule has 5 rings (SSSR count). The van der Waals surface area contributed by atoms with E-state index >= 15 is 0 Å². The first-order valence-electron chi connectivity index (χ1n) is 13.5. The van der Waals surface area contributed by atoms with E-state index in [9.17, 15) is 14.0 Å². The van der Waals surface area contributed by atoms with E-state index in [1.807, 2.05) is 73.4 Å². The molecule has 2 saturated heterocycles. The van der Waals surface area contributed by atoms with Crippen LogP contribution in [0.2, 0.25) is 0 Å². The van der Waals surface area contributed by atoms with Gasteiger partial charge in [-0.2, -0.15) is 5.10 Å². The minimum absolute atomic E-state index is 0.0803. The maximum atomic E-state index is 14.5. The van der Waals surface area contributed by atoms with Crippen molar-refractivity contribution in [1.29, 1.82) is 0 Å². The van der Waals surface area contributed by atoms with Crippen molar-refractivity contribution >= 4 is 17.6 Å². The summed E-state index contributed by atoms with van der Waals surface area (Å²) in [5.41, 5.74) is 2.64. The standard InChI is InChI=1S/C30H36FN5O3/c1-7-35-21(5)27(20(4)32-35)28(37)33-16-25(24-13-8-9-14-26(24)39-6)30(17-33)18-34(19(2)3)29(38)36(30)23-12-10-11-22(31)15-23/h8-15,19,25H,7,16-18H2,1-6H3/t25?,30-/m1/s1. The smallest absolute Gasteiger partial charge is 0.325 e. The molecule has 0 N–H and O–H groups in total. The molecular weight excluding hydrogens is 497 g/mol. The third kappa shape index (κ3) is 4.24. The molecule has 1 unspecified atom stereocenters. The van der Waals surface area contributed by atoms with E-state index in [1.165, 1.54) is 12.1 Å². The lowest BCUT2D eigenvalue weighted by Crippen LogP contribution is -2.53. The van der Waals surface area contributed by atoms with Gasteiger partial charge in [0.25, 0.3) is 5.91 Å². The first-order valence-corrected chi connectivity index (χ1v) is 13.5. The van der Waals surface area contributed by atoms with Gasteiger partial charge in [-0.1, -0.05) is 24.3 Å². The topological polar surface area (TPSA) is 70.9 Å². The molecule has 8 nitrogen and oxygen atoms in total. The van der Waals surface area contributed by atoms with Crippen LogP contribution in [0.3, 0.4) is 0 Å².